The Bertz CT molecular complexity index is 679. The van der Waals surface area contributed by atoms with Crippen LogP contribution in [-0.4, -0.2) is 14.0 Å². The lowest BCUT2D eigenvalue weighted by Gasteiger charge is -2.56. The van der Waals surface area contributed by atoms with Crippen molar-refractivity contribution in [2.45, 2.75) is 48.3 Å². The lowest BCUT2D eigenvalue weighted by Crippen LogP contribution is -2.59. The van der Waals surface area contributed by atoms with Crippen LogP contribution in [0.25, 0.3) is 0 Å². The summed E-state index contributed by atoms with van der Waals surface area (Å²) < 4.78 is 28.6. The van der Waals surface area contributed by atoms with Crippen molar-refractivity contribution in [2.75, 3.05) is 0 Å². The minimum atomic E-state index is -3.49. The fourth-order valence-corrected chi connectivity index (χ4v) is 7.63. The Hall–Kier alpha value is -0.900. The summed E-state index contributed by atoms with van der Waals surface area (Å²) in [7, 11) is -3.49. The van der Waals surface area contributed by atoms with E-state index in [1.54, 1.807) is 12.1 Å². The van der Waals surface area contributed by atoms with Crippen molar-refractivity contribution >= 4 is 21.4 Å². The molecule has 1 aromatic rings. The molecule has 5 rings (SSSR count). The number of thiophene rings is 1. The summed E-state index contributed by atoms with van der Waals surface area (Å²) in [6, 6.07) is 5.14. The van der Waals surface area contributed by atoms with Crippen LogP contribution in [0.5, 0.6) is 0 Å². The maximum Gasteiger partial charge on any atom is 0.250 e. The van der Waals surface area contributed by atoms with Gasteiger partial charge in [0.25, 0.3) is 10.0 Å². The lowest BCUT2D eigenvalue weighted by molar-refractivity contribution is -0.00807. The number of nitrogens with one attached hydrogen (secondary N) is 1. The van der Waals surface area contributed by atoms with E-state index in [1.807, 2.05) is 6.07 Å². The summed E-state index contributed by atoms with van der Waals surface area (Å²) in [5, 5.41) is 8.86. The normalized spacial score (nSPS) is 37.6. The maximum atomic E-state index is 12.6. The molecule has 0 unspecified atom stereocenters. The van der Waals surface area contributed by atoms with Gasteiger partial charge in [0.05, 0.1) is 0 Å². The summed E-state index contributed by atoms with van der Waals surface area (Å²) in [6.07, 6.45) is 6.85. The molecule has 1 aromatic heterocycles. The molecule has 4 nitrogen and oxygen atoms in total. The number of nitriles is 1. The van der Waals surface area contributed by atoms with Gasteiger partial charge in [0.15, 0.2) is 0 Å². The number of hydrogen-bond acceptors (Lipinski definition) is 4. The number of rotatable bonds is 3. The zero-order valence-corrected chi connectivity index (χ0v) is 13.3. The van der Waals surface area contributed by atoms with Gasteiger partial charge in [-0.3, -0.25) is 0 Å². The Morgan fingerprint density at radius 1 is 1.14 bits per heavy atom. The molecule has 4 bridgehead atoms. The monoisotopic (exact) mass is 322 g/mol. The highest BCUT2D eigenvalue weighted by atomic mass is 32.2. The fourth-order valence-electron chi connectivity index (χ4n) is 5.10. The second-order valence-electron chi connectivity index (χ2n) is 7.03. The van der Waals surface area contributed by atoms with Crippen LogP contribution in [0.1, 0.15) is 43.4 Å². The van der Waals surface area contributed by atoms with Gasteiger partial charge in [0.1, 0.15) is 15.2 Å². The second-order valence-corrected chi connectivity index (χ2v) is 10.0. The molecule has 0 atom stereocenters. The van der Waals surface area contributed by atoms with Gasteiger partial charge in [-0.05, 0) is 68.4 Å². The number of hydrogen-bond donors (Lipinski definition) is 1. The standard InChI is InChI=1S/C15H18N2O2S2/c16-9-13-1-2-14(20-13)21(18,19)17-15-6-10-3-11(7-15)5-12(4-10)8-15/h1-2,10-12,17H,3-8H2. The second kappa shape index (κ2) is 4.55. The summed E-state index contributed by atoms with van der Waals surface area (Å²) in [4.78, 5) is 0.445. The Kier molecular flexibility index (Phi) is 2.97. The third kappa shape index (κ3) is 2.32. The van der Waals surface area contributed by atoms with E-state index in [4.69, 9.17) is 5.26 Å². The predicted octanol–water partition coefficient (Wildman–Crippen LogP) is 2.87. The van der Waals surface area contributed by atoms with Crippen molar-refractivity contribution in [3.05, 3.63) is 17.0 Å². The van der Waals surface area contributed by atoms with Gasteiger partial charge in [-0.1, -0.05) is 0 Å². The van der Waals surface area contributed by atoms with Gasteiger partial charge >= 0.3 is 0 Å². The highest BCUT2D eigenvalue weighted by Crippen LogP contribution is 2.56. The molecular weight excluding hydrogens is 304 g/mol. The molecule has 0 aliphatic heterocycles. The summed E-state index contributed by atoms with van der Waals surface area (Å²) >= 11 is 1.06. The average Bonchev–Trinajstić information content (AvgIpc) is 2.85. The smallest absolute Gasteiger partial charge is 0.206 e. The molecule has 4 aliphatic carbocycles. The Morgan fingerprint density at radius 2 is 1.71 bits per heavy atom. The molecule has 0 spiro atoms. The van der Waals surface area contributed by atoms with Crippen LogP contribution in [0, 0.1) is 29.1 Å². The first-order valence-corrected chi connectivity index (χ1v) is 9.82. The molecule has 0 saturated heterocycles. The van der Waals surface area contributed by atoms with Crippen molar-refractivity contribution in [2.24, 2.45) is 17.8 Å². The predicted molar refractivity (Wildman–Crippen MR) is 80.3 cm³/mol. The molecule has 4 fully saturated rings. The third-order valence-corrected chi connectivity index (χ3v) is 8.41. The van der Waals surface area contributed by atoms with Crippen LogP contribution in [0.15, 0.2) is 16.3 Å². The first-order chi connectivity index (χ1) is 9.98. The van der Waals surface area contributed by atoms with E-state index in [0.717, 1.165) is 30.6 Å². The number of sulfonamides is 1. The van der Waals surface area contributed by atoms with E-state index in [9.17, 15) is 8.42 Å². The zero-order valence-electron chi connectivity index (χ0n) is 11.7. The van der Waals surface area contributed by atoms with E-state index in [2.05, 4.69) is 4.72 Å². The quantitative estimate of drug-likeness (QED) is 0.930. The molecular formula is C15H18N2O2S2. The third-order valence-electron chi connectivity index (χ3n) is 5.35. The van der Waals surface area contributed by atoms with E-state index < -0.39 is 10.0 Å². The molecule has 112 valence electrons. The van der Waals surface area contributed by atoms with E-state index >= 15 is 0 Å². The Balaban J connectivity index is 1.62. The van der Waals surface area contributed by atoms with Gasteiger partial charge in [-0.2, -0.15) is 5.26 Å². The summed E-state index contributed by atoms with van der Waals surface area (Å²) in [6.45, 7) is 0. The molecule has 1 N–H and O–H groups in total. The van der Waals surface area contributed by atoms with Crippen LogP contribution < -0.4 is 4.72 Å². The molecule has 1 heterocycles. The highest BCUT2D eigenvalue weighted by molar-refractivity contribution is 7.91. The Morgan fingerprint density at radius 3 is 2.19 bits per heavy atom. The van der Waals surface area contributed by atoms with Gasteiger partial charge < -0.3 is 0 Å². The zero-order chi connectivity index (χ0) is 14.7. The topological polar surface area (TPSA) is 70.0 Å². The summed E-state index contributed by atoms with van der Waals surface area (Å²) in [5.41, 5.74) is -0.218. The van der Waals surface area contributed by atoms with Crippen LogP contribution in [-0.2, 0) is 10.0 Å². The molecule has 0 aromatic carbocycles. The van der Waals surface area contributed by atoms with Crippen molar-refractivity contribution < 1.29 is 8.42 Å². The minimum absolute atomic E-state index is 0.218. The average molecular weight is 322 g/mol. The SMILES string of the molecule is N#Cc1ccc(S(=O)(=O)NC23CC4CC(CC(C4)C2)C3)s1. The van der Waals surface area contributed by atoms with Crippen molar-refractivity contribution in [3.63, 3.8) is 0 Å². The maximum absolute atomic E-state index is 12.6. The number of nitrogens with zero attached hydrogens (tertiary/aromatic N) is 1. The van der Waals surface area contributed by atoms with Gasteiger partial charge in [0.2, 0.25) is 0 Å². The molecule has 0 amide bonds. The fraction of sp³-hybridized carbons (Fsp3) is 0.667. The highest BCUT2D eigenvalue weighted by Gasteiger charge is 2.52. The van der Waals surface area contributed by atoms with Gasteiger partial charge in [-0.25, -0.2) is 13.1 Å². The van der Waals surface area contributed by atoms with Gasteiger partial charge in [-0.15, -0.1) is 11.3 Å². The van der Waals surface area contributed by atoms with E-state index in [0.29, 0.717) is 22.6 Å². The molecule has 4 saturated carbocycles. The van der Waals surface area contributed by atoms with Crippen LogP contribution >= 0.6 is 11.3 Å². The lowest BCUT2D eigenvalue weighted by atomic mass is 9.53. The largest absolute Gasteiger partial charge is 0.250 e. The first kappa shape index (κ1) is 13.7. The Labute approximate surface area is 129 Å². The van der Waals surface area contributed by atoms with E-state index in [-0.39, 0.29) is 9.75 Å². The molecule has 21 heavy (non-hydrogen) atoms. The molecule has 0 radical (unpaired) electrons. The molecule has 6 heteroatoms. The van der Waals surface area contributed by atoms with Crippen molar-refractivity contribution in [3.8, 4) is 6.07 Å². The van der Waals surface area contributed by atoms with Crippen LogP contribution in [0.3, 0.4) is 0 Å². The van der Waals surface area contributed by atoms with Crippen molar-refractivity contribution in [1.82, 2.24) is 4.72 Å². The van der Waals surface area contributed by atoms with Crippen LogP contribution in [0.2, 0.25) is 0 Å². The molecule has 4 aliphatic rings. The minimum Gasteiger partial charge on any atom is -0.206 e. The van der Waals surface area contributed by atoms with Crippen LogP contribution in [0.4, 0.5) is 0 Å². The van der Waals surface area contributed by atoms with E-state index in [1.165, 1.54) is 19.3 Å². The summed E-state index contributed by atoms with van der Waals surface area (Å²) in [5.74, 6) is 2.12. The first-order valence-electron chi connectivity index (χ1n) is 7.52. The van der Waals surface area contributed by atoms with Gasteiger partial charge in [0, 0.05) is 5.54 Å². The van der Waals surface area contributed by atoms with Crippen molar-refractivity contribution in [1.29, 1.82) is 5.26 Å².